The Morgan fingerprint density at radius 2 is 1.45 bits per heavy atom. The number of hydrogen-bond acceptors (Lipinski definition) is 2. The van der Waals surface area contributed by atoms with Crippen LogP contribution in [0.15, 0.2) is 36.5 Å². The Morgan fingerprint density at radius 1 is 0.850 bits per heavy atom. The molecule has 0 spiro atoms. The summed E-state index contributed by atoms with van der Waals surface area (Å²) >= 11 is 0. The third-order valence-corrected chi connectivity index (χ3v) is 3.11. The van der Waals surface area contributed by atoms with Gasteiger partial charge in [-0.05, 0) is 38.5 Å². The molecule has 1 atom stereocenters. The predicted octanol–water partition coefficient (Wildman–Crippen LogP) is 4.71. The minimum atomic E-state index is -0.256. The summed E-state index contributed by atoms with van der Waals surface area (Å²) in [6.07, 6.45) is 24.1. The highest BCUT2D eigenvalue weighted by molar-refractivity contribution is 5.56. The predicted molar refractivity (Wildman–Crippen MR) is 88.7 cm³/mol. The molecule has 0 fully saturated rings. The molecule has 0 bridgehead atoms. The van der Waals surface area contributed by atoms with Gasteiger partial charge in [0, 0.05) is 0 Å². The molecule has 0 heterocycles. The number of hydrogen-bond donors (Lipinski definition) is 1. The molecule has 0 aliphatic heterocycles. The second kappa shape index (κ2) is 15.9. The van der Waals surface area contributed by atoms with Crippen LogP contribution in [0.5, 0.6) is 0 Å². The summed E-state index contributed by atoms with van der Waals surface area (Å²) < 4.78 is 0. The van der Waals surface area contributed by atoms with Crippen LogP contribution in [0.25, 0.3) is 0 Å². The standard InChI is InChI=1S/C18H31NO/c1-2-3-4-5-6-7-8-9-10-11-12-13-14-15-16-18(19)17-20/h3-4,6-7,9-10,17-18H,2,5,8,11-16,19H2,1H3/b4-3-,7-6-,10-9-. The first-order valence-corrected chi connectivity index (χ1v) is 7.97. The van der Waals surface area contributed by atoms with Crippen molar-refractivity contribution in [3.05, 3.63) is 36.5 Å². The van der Waals surface area contributed by atoms with Gasteiger partial charge in [-0.1, -0.05) is 62.6 Å². The van der Waals surface area contributed by atoms with Gasteiger partial charge in [0.1, 0.15) is 6.29 Å². The number of carbonyl (C=O) groups excluding carboxylic acids is 1. The van der Waals surface area contributed by atoms with Crippen LogP contribution in [0.4, 0.5) is 0 Å². The number of aldehydes is 1. The van der Waals surface area contributed by atoms with Gasteiger partial charge in [0.15, 0.2) is 0 Å². The molecule has 0 aromatic rings. The zero-order chi connectivity index (χ0) is 14.9. The molecular formula is C18H31NO. The third-order valence-electron chi connectivity index (χ3n) is 3.11. The lowest BCUT2D eigenvalue weighted by atomic mass is 10.1. The van der Waals surface area contributed by atoms with Crippen molar-refractivity contribution in [1.29, 1.82) is 0 Å². The molecule has 0 saturated heterocycles. The molecule has 0 saturated carbocycles. The van der Waals surface area contributed by atoms with Crippen LogP contribution >= 0.6 is 0 Å². The van der Waals surface area contributed by atoms with E-state index in [4.69, 9.17) is 5.73 Å². The maximum absolute atomic E-state index is 10.3. The molecule has 0 rings (SSSR count). The van der Waals surface area contributed by atoms with E-state index in [9.17, 15) is 4.79 Å². The van der Waals surface area contributed by atoms with E-state index < -0.39 is 0 Å². The molecule has 2 heteroatoms. The van der Waals surface area contributed by atoms with E-state index in [1.807, 2.05) is 0 Å². The Bertz CT molecular complexity index is 292. The number of rotatable bonds is 13. The van der Waals surface area contributed by atoms with E-state index in [1.165, 1.54) is 19.3 Å². The molecule has 20 heavy (non-hydrogen) atoms. The van der Waals surface area contributed by atoms with Crippen LogP contribution in [0.1, 0.15) is 64.7 Å². The first kappa shape index (κ1) is 18.9. The molecule has 0 aromatic carbocycles. The summed E-state index contributed by atoms with van der Waals surface area (Å²) in [5.41, 5.74) is 5.53. The van der Waals surface area contributed by atoms with Crippen LogP contribution < -0.4 is 5.73 Å². The number of unbranched alkanes of at least 4 members (excludes halogenated alkanes) is 4. The first-order chi connectivity index (χ1) is 9.81. The fourth-order valence-corrected chi connectivity index (χ4v) is 1.89. The van der Waals surface area contributed by atoms with Crippen LogP contribution in [-0.4, -0.2) is 12.3 Å². The monoisotopic (exact) mass is 277 g/mol. The molecule has 0 amide bonds. The number of nitrogens with two attached hydrogens (primary N) is 1. The lowest BCUT2D eigenvalue weighted by Crippen LogP contribution is -2.20. The summed E-state index contributed by atoms with van der Waals surface area (Å²) in [6.45, 7) is 2.15. The first-order valence-electron chi connectivity index (χ1n) is 7.97. The van der Waals surface area contributed by atoms with Gasteiger partial charge in [-0.2, -0.15) is 0 Å². The van der Waals surface area contributed by atoms with Crippen molar-refractivity contribution >= 4 is 6.29 Å². The van der Waals surface area contributed by atoms with Crippen LogP contribution in [0, 0.1) is 0 Å². The van der Waals surface area contributed by atoms with Gasteiger partial charge in [0.05, 0.1) is 6.04 Å². The lowest BCUT2D eigenvalue weighted by molar-refractivity contribution is -0.109. The number of allylic oxidation sites excluding steroid dienone is 6. The van der Waals surface area contributed by atoms with Crippen molar-refractivity contribution < 1.29 is 4.79 Å². The van der Waals surface area contributed by atoms with Gasteiger partial charge in [0.2, 0.25) is 0 Å². The van der Waals surface area contributed by atoms with E-state index in [-0.39, 0.29) is 6.04 Å². The SMILES string of the molecule is CC/C=C\C/C=C\C/C=C\CCCCCCC(N)C=O. The maximum atomic E-state index is 10.3. The average molecular weight is 277 g/mol. The van der Waals surface area contributed by atoms with Crippen molar-refractivity contribution in [2.24, 2.45) is 5.73 Å². The van der Waals surface area contributed by atoms with Gasteiger partial charge >= 0.3 is 0 Å². The van der Waals surface area contributed by atoms with Crippen molar-refractivity contribution in [1.82, 2.24) is 0 Å². The maximum Gasteiger partial charge on any atom is 0.136 e. The highest BCUT2D eigenvalue weighted by Crippen LogP contribution is 2.07. The Hall–Kier alpha value is -1.15. The smallest absolute Gasteiger partial charge is 0.136 e. The van der Waals surface area contributed by atoms with E-state index in [0.717, 1.165) is 44.8 Å². The van der Waals surface area contributed by atoms with Crippen molar-refractivity contribution in [2.75, 3.05) is 0 Å². The van der Waals surface area contributed by atoms with E-state index in [0.29, 0.717) is 0 Å². The highest BCUT2D eigenvalue weighted by atomic mass is 16.1. The highest BCUT2D eigenvalue weighted by Gasteiger charge is 1.98. The fraction of sp³-hybridized carbons (Fsp3) is 0.611. The largest absolute Gasteiger partial charge is 0.322 e. The van der Waals surface area contributed by atoms with Crippen molar-refractivity contribution in [2.45, 2.75) is 70.8 Å². The molecule has 0 aliphatic carbocycles. The molecule has 0 radical (unpaired) electrons. The van der Waals surface area contributed by atoms with Gasteiger partial charge in [0.25, 0.3) is 0 Å². The average Bonchev–Trinajstić information content (AvgIpc) is 2.47. The van der Waals surface area contributed by atoms with E-state index in [2.05, 4.69) is 43.4 Å². The summed E-state index contributed by atoms with van der Waals surface area (Å²) in [4.78, 5) is 10.3. The minimum absolute atomic E-state index is 0.256. The Labute approximate surface area is 124 Å². The van der Waals surface area contributed by atoms with E-state index >= 15 is 0 Å². The molecule has 1 unspecified atom stereocenters. The second-order valence-corrected chi connectivity index (χ2v) is 5.09. The van der Waals surface area contributed by atoms with Gasteiger partial charge in [-0.3, -0.25) is 0 Å². The van der Waals surface area contributed by atoms with Gasteiger partial charge in [-0.15, -0.1) is 0 Å². The third kappa shape index (κ3) is 14.9. The van der Waals surface area contributed by atoms with Crippen LogP contribution in [-0.2, 0) is 4.79 Å². The molecular weight excluding hydrogens is 246 g/mol. The minimum Gasteiger partial charge on any atom is -0.322 e. The summed E-state index contributed by atoms with van der Waals surface area (Å²) in [5, 5.41) is 0. The van der Waals surface area contributed by atoms with E-state index in [1.54, 1.807) is 0 Å². The quantitative estimate of drug-likeness (QED) is 0.301. The summed E-state index contributed by atoms with van der Waals surface area (Å²) in [7, 11) is 0. The van der Waals surface area contributed by atoms with Crippen LogP contribution in [0.3, 0.4) is 0 Å². The molecule has 0 aliphatic rings. The zero-order valence-corrected chi connectivity index (χ0v) is 13.0. The molecule has 114 valence electrons. The Kier molecular flexibility index (Phi) is 15.0. The number of carbonyl (C=O) groups is 1. The zero-order valence-electron chi connectivity index (χ0n) is 13.0. The molecule has 2 nitrogen and oxygen atoms in total. The Balaban J connectivity index is 3.27. The van der Waals surface area contributed by atoms with Crippen molar-refractivity contribution in [3.8, 4) is 0 Å². The Morgan fingerprint density at radius 3 is 2.10 bits per heavy atom. The lowest BCUT2D eigenvalue weighted by Gasteiger charge is -2.02. The second-order valence-electron chi connectivity index (χ2n) is 5.09. The topological polar surface area (TPSA) is 43.1 Å². The van der Waals surface area contributed by atoms with Gasteiger partial charge in [-0.25, -0.2) is 0 Å². The molecule has 0 aromatic heterocycles. The fourth-order valence-electron chi connectivity index (χ4n) is 1.89. The normalized spacial score (nSPS) is 13.7. The summed E-state index contributed by atoms with van der Waals surface area (Å²) in [5.74, 6) is 0. The van der Waals surface area contributed by atoms with Crippen LogP contribution in [0.2, 0.25) is 0 Å². The van der Waals surface area contributed by atoms with Gasteiger partial charge < -0.3 is 10.5 Å². The summed E-state index contributed by atoms with van der Waals surface area (Å²) in [6, 6.07) is -0.256. The van der Waals surface area contributed by atoms with Crippen molar-refractivity contribution in [3.63, 3.8) is 0 Å². The molecule has 2 N–H and O–H groups in total.